The molecule has 0 radical (unpaired) electrons. The first-order valence-electron chi connectivity index (χ1n) is 9.26. The Morgan fingerprint density at radius 1 is 1.10 bits per heavy atom. The van der Waals surface area contributed by atoms with Crippen LogP contribution in [0.5, 0.6) is 0 Å². The van der Waals surface area contributed by atoms with E-state index in [4.69, 9.17) is 11.6 Å². The van der Waals surface area contributed by atoms with Gasteiger partial charge in [-0.3, -0.25) is 4.79 Å². The molecule has 0 bridgehead atoms. The molecule has 0 aliphatic carbocycles. The second-order valence-electron chi connectivity index (χ2n) is 7.06. The molecule has 3 aromatic rings. The Kier molecular flexibility index (Phi) is 5.91. The van der Waals surface area contributed by atoms with Crippen molar-refractivity contribution in [2.75, 3.05) is 5.32 Å². The van der Waals surface area contributed by atoms with Gasteiger partial charge in [-0.25, -0.2) is 0 Å². The van der Waals surface area contributed by atoms with E-state index in [1.165, 1.54) is 0 Å². The van der Waals surface area contributed by atoms with E-state index in [0.29, 0.717) is 10.7 Å². The molecule has 5 heteroatoms. The lowest BCUT2D eigenvalue weighted by molar-refractivity contribution is -0.112. The molecule has 2 aromatic carbocycles. The summed E-state index contributed by atoms with van der Waals surface area (Å²) in [5.41, 5.74) is 6.27. The third-order valence-electron chi connectivity index (χ3n) is 4.87. The molecule has 0 atom stereocenters. The standard InChI is InChI=1S/C24H22ClN3O/c1-15-9-10-16(2)22(11-15)27-24(29)20(14-26)13-19-12-17(3)28(18(19)4)23-8-6-5-7-21(23)25/h5-13H,1-4H3,(H,27,29)/b20-13+. The number of benzene rings is 2. The molecule has 0 fully saturated rings. The largest absolute Gasteiger partial charge is 0.321 e. The quantitative estimate of drug-likeness (QED) is 0.434. The first kappa shape index (κ1) is 20.4. The maximum absolute atomic E-state index is 12.7. The van der Waals surface area contributed by atoms with Crippen molar-refractivity contribution >= 4 is 29.3 Å². The minimum Gasteiger partial charge on any atom is -0.321 e. The lowest BCUT2D eigenvalue weighted by Crippen LogP contribution is -2.14. The number of nitrogens with one attached hydrogen (secondary N) is 1. The van der Waals surface area contributed by atoms with Crippen LogP contribution in [0.2, 0.25) is 5.02 Å². The second-order valence-corrected chi connectivity index (χ2v) is 7.46. The van der Waals surface area contributed by atoms with E-state index < -0.39 is 5.91 Å². The Morgan fingerprint density at radius 2 is 1.83 bits per heavy atom. The van der Waals surface area contributed by atoms with Gasteiger partial charge in [0.1, 0.15) is 11.6 Å². The first-order valence-corrected chi connectivity index (χ1v) is 9.64. The van der Waals surface area contributed by atoms with Gasteiger partial charge in [0, 0.05) is 17.1 Å². The van der Waals surface area contributed by atoms with Gasteiger partial charge in [-0.05, 0) is 74.7 Å². The van der Waals surface area contributed by atoms with Crippen LogP contribution in [0.15, 0.2) is 54.1 Å². The molecule has 0 spiro atoms. The normalized spacial score (nSPS) is 11.2. The van der Waals surface area contributed by atoms with Gasteiger partial charge in [-0.2, -0.15) is 5.26 Å². The van der Waals surface area contributed by atoms with Gasteiger partial charge in [0.25, 0.3) is 5.91 Å². The van der Waals surface area contributed by atoms with Crippen molar-refractivity contribution in [1.29, 1.82) is 5.26 Å². The summed E-state index contributed by atoms with van der Waals surface area (Å²) in [6, 6.07) is 17.4. The number of nitriles is 1. The number of nitrogens with zero attached hydrogens (tertiary/aromatic N) is 2. The molecule has 3 rings (SSSR count). The minimum atomic E-state index is -0.427. The topological polar surface area (TPSA) is 57.8 Å². The van der Waals surface area contributed by atoms with E-state index in [0.717, 1.165) is 33.8 Å². The van der Waals surface area contributed by atoms with Crippen molar-refractivity contribution in [3.8, 4) is 11.8 Å². The average molecular weight is 404 g/mol. The summed E-state index contributed by atoms with van der Waals surface area (Å²) in [7, 11) is 0. The van der Waals surface area contributed by atoms with Crippen LogP contribution in [0.1, 0.15) is 28.1 Å². The summed E-state index contributed by atoms with van der Waals surface area (Å²) in [5.74, 6) is -0.427. The molecular formula is C24H22ClN3O. The van der Waals surface area contributed by atoms with Gasteiger partial charge in [0.05, 0.1) is 10.7 Å². The molecule has 0 saturated heterocycles. The van der Waals surface area contributed by atoms with Crippen molar-refractivity contribution in [2.45, 2.75) is 27.7 Å². The summed E-state index contributed by atoms with van der Waals surface area (Å²) in [5, 5.41) is 13.1. The predicted molar refractivity (Wildman–Crippen MR) is 118 cm³/mol. The number of amides is 1. The maximum Gasteiger partial charge on any atom is 0.266 e. The van der Waals surface area contributed by atoms with Crippen molar-refractivity contribution in [3.05, 3.63) is 87.2 Å². The van der Waals surface area contributed by atoms with Crippen LogP contribution in [-0.4, -0.2) is 10.5 Å². The summed E-state index contributed by atoms with van der Waals surface area (Å²) < 4.78 is 2.02. The van der Waals surface area contributed by atoms with Gasteiger partial charge < -0.3 is 9.88 Å². The Labute approximate surface area is 176 Å². The van der Waals surface area contributed by atoms with Gasteiger partial charge >= 0.3 is 0 Å². The summed E-state index contributed by atoms with van der Waals surface area (Å²) in [6.07, 6.45) is 1.62. The van der Waals surface area contributed by atoms with E-state index in [1.54, 1.807) is 6.08 Å². The van der Waals surface area contributed by atoms with Crippen molar-refractivity contribution in [3.63, 3.8) is 0 Å². The molecule has 1 aromatic heterocycles. The molecule has 1 amide bonds. The Morgan fingerprint density at radius 3 is 2.52 bits per heavy atom. The van der Waals surface area contributed by atoms with Crippen LogP contribution in [0.25, 0.3) is 11.8 Å². The van der Waals surface area contributed by atoms with Crippen LogP contribution in [0.3, 0.4) is 0 Å². The van der Waals surface area contributed by atoms with E-state index in [2.05, 4.69) is 5.32 Å². The van der Waals surface area contributed by atoms with Crippen LogP contribution in [-0.2, 0) is 4.79 Å². The van der Waals surface area contributed by atoms with Gasteiger partial charge in [-0.1, -0.05) is 35.9 Å². The second kappa shape index (κ2) is 8.38. The minimum absolute atomic E-state index is 0.0466. The Balaban J connectivity index is 1.97. The average Bonchev–Trinajstić information content (AvgIpc) is 2.96. The Bertz CT molecular complexity index is 1170. The third kappa shape index (κ3) is 4.26. The number of carbonyl (C=O) groups is 1. The highest BCUT2D eigenvalue weighted by molar-refractivity contribution is 6.32. The third-order valence-corrected chi connectivity index (χ3v) is 5.19. The lowest BCUT2D eigenvalue weighted by Gasteiger charge is -2.11. The molecule has 0 aliphatic rings. The van der Waals surface area contributed by atoms with E-state index in [-0.39, 0.29) is 5.57 Å². The van der Waals surface area contributed by atoms with Crippen molar-refractivity contribution in [1.82, 2.24) is 4.57 Å². The molecular weight excluding hydrogens is 382 g/mol. The number of carbonyl (C=O) groups excluding carboxylic acids is 1. The van der Waals surface area contributed by atoms with E-state index >= 15 is 0 Å². The number of anilines is 1. The van der Waals surface area contributed by atoms with E-state index in [1.807, 2.05) is 86.9 Å². The fraction of sp³-hybridized carbons (Fsp3) is 0.167. The highest BCUT2D eigenvalue weighted by atomic mass is 35.5. The van der Waals surface area contributed by atoms with Crippen LogP contribution >= 0.6 is 11.6 Å². The maximum atomic E-state index is 12.7. The zero-order chi connectivity index (χ0) is 21.1. The number of halogens is 1. The SMILES string of the molecule is Cc1ccc(C)c(NC(=O)/C(C#N)=C/c2cc(C)n(-c3ccccc3Cl)c2C)c1. The van der Waals surface area contributed by atoms with Crippen LogP contribution < -0.4 is 5.32 Å². The van der Waals surface area contributed by atoms with Crippen molar-refractivity contribution in [2.24, 2.45) is 0 Å². The molecule has 29 heavy (non-hydrogen) atoms. The molecule has 4 nitrogen and oxygen atoms in total. The summed E-state index contributed by atoms with van der Waals surface area (Å²) in [6.45, 7) is 7.79. The lowest BCUT2D eigenvalue weighted by atomic mass is 10.1. The molecule has 1 heterocycles. The number of hydrogen-bond acceptors (Lipinski definition) is 2. The molecule has 1 N–H and O–H groups in total. The highest BCUT2D eigenvalue weighted by Crippen LogP contribution is 2.27. The van der Waals surface area contributed by atoms with Crippen LogP contribution in [0.4, 0.5) is 5.69 Å². The predicted octanol–water partition coefficient (Wildman–Crippen LogP) is 5.91. The van der Waals surface area contributed by atoms with Crippen LogP contribution in [0, 0.1) is 39.0 Å². The molecule has 146 valence electrons. The monoisotopic (exact) mass is 403 g/mol. The zero-order valence-corrected chi connectivity index (χ0v) is 17.6. The smallest absolute Gasteiger partial charge is 0.266 e. The number of rotatable bonds is 4. The number of aryl methyl sites for hydroxylation is 3. The fourth-order valence-corrected chi connectivity index (χ4v) is 3.52. The van der Waals surface area contributed by atoms with Gasteiger partial charge in [-0.15, -0.1) is 0 Å². The summed E-state index contributed by atoms with van der Waals surface area (Å²) >= 11 is 6.36. The van der Waals surface area contributed by atoms with Gasteiger partial charge in [0.15, 0.2) is 0 Å². The molecule has 0 saturated carbocycles. The highest BCUT2D eigenvalue weighted by Gasteiger charge is 2.15. The molecule has 0 aliphatic heterocycles. The zero-order valence-electron chi connectivity index (χ0n) is 16.9. The number of para-hydroxylation sites is 1. The molecule has 0 unspecified atom stereocenters. The van der Waals surface area contributed by atoms with Gasteiger partial charge in [0.2, 0.25) is 0 Å². The number of hydrogen-bond donors (Lipinski definition) is 1. The Hall–Kier alpha value is -3.29. The summed E-state index contributed by atoms with van der Waals surface area (Å²) in [4.78, 5) is 12.7. The fourth-order valence-electron chi connectivity index (χ4n) is 3.30. The first-order chi connectivity index (χ1) is 13.8. The number of aromatic nitrogens is 1. The van der Waals surface area contributed by atoms with Crippen molar-refractivity contribution < 1.29 is 4.79 Å². The van der Waals surface area contributed by atoms with E-state index in [9.17, 15) is 10.1 Å².